The van der Waals surface area contributed by atoms with Gasteiger partial charge in [0.25, 0.3) is 0 Å². The van der Waals surface area contributed by atoms with Crippen molar-refractivity contribution in [1.29, 1.82) is 0 Å². The molecule has 1 atom stereocenters. The fourth-order valence-corrected chi connectivity index (χ4v) is 2.23. The van der Waals surface area contributed by atoms with Gasteiger partial charge in [0.2, 0.25) is 5.91 Å². The van der Waals surface area contributed by atoms with Crippen molar-refractivity contribution in [3.05, 3.63) is 0 Å². The summed E-state index contributed by atoms with van der Waals surface area (Å²) in [5.74, 6) is -1.03. The molecule has 0 saturated heterocycles. The molecule has 1 saturated carbocycles. The number of hydrogen-bond donors (Lipinski definition) is 3. The summed E-state index contributed by atoms with van der Waals surface area (Å²) in [6.07, 6.45) is 5.92. The first-order chi connectivity index (χ1) is 8.15. The Morgan fingerprint density at radius 3 is 2.47 bits per heavy atom. The molecule has 0 heterocycles. The van der Waals surface area contributed by atoms with Gasteiger partial charge in [-0.3, -0.25) is 4.79 Å². The van der Waals surface area contributed by atoms with Crippen LogP contribution in [-0.2, 0) is 9.59 Å². The highest BCUT2D eigenvalue weighted by Crippen LogP contribution is 2.24. The first-order valence-electron chi connectivity index (χ1n) is 6.38. The third-order valence-corrected chi connectivity index (χ3v) is 3.29. The highest BCUT2D eigenvalue weighted by Gasteiger charge is 2.26. The second-order valence-corrected chi connectivity index (χ2v) is 4.67. The highest BCUT2D eigenvalue weighted by atomic mass is 16.4. The Hall–Kier alpha value is -1.10. The lowest BCUT2D eigenvalue weighted by atomic mass is 10.1. The van der Waals surface area contributed by atoms with Crippen LogP contribution in [0.2, 0.25) is 0 Å². The zero-order chi connectivity index (χ0) is 12.7. The van der Waals surface area contributed by atoms with E-state index in [2.05, 4.69) is 5.32 Å². The number of carboxylic acids is 1. The molecule has 1 fully saturated rings. The van der Waals surface area contributed by atoms with E-state index >= 15 is 0 Å². The van der Waals surface area contributed by atoms with Gasteiger partial charge in [-0.1, -0.05) is 12.8 Å². The van der Waals surface area contributed by atoms with Crippen molar-refractivity contribution in [3.63, 3.8) is 0 Å². The molecule has 0 radical (unpaired) electrons. The molecule has 5 nitrogen and oxygen atoms in total. The molecule has 0 bridgehead atoms. The zero-order valence-corrected chi connectivity index (χ0v) is 10.2. The van der Waals surface area contributed by atoms with Gasteiger partial charge in [-0.15, -0.1) is 0 Å². The van der Waals surface area contributed by atoms with Gasteiger partial charge < -0.3 is 16.2 Å². The molecule has 1 rings (SSSR count). The van der Waals surface area contributed by atoms with Crippen molar-refractivity contribution in [1.82, 2.24) is 5.32 Å². The van der Waals surface area contributed by atoms with Gasteiger partial charge in [0.15, 0.2) is 0 Å². The maximum Gasteiger partial charge on any atom is 0.326 e. The van der Waals surface area contributed by atoms with E-state index in [1.54, 1.807) is 0 Å². The minimum Gasteiger partial charge on any atom is -0.480 e. The molecular formula is C12H22N2O3. The topological polar surface area (TPSA) is 92.4 Å². The van der Waals surface area contributed by atoms with Crippen LogP contribution in [0.1, 0.15) is 44.9 Å². The molecule has 0 aromatic rings. The van der Waals surface area contributed by atoms with Crippen LogP contribution in [0.3, 0.4) is 0 Å². The van der Waals surface area contributed by atoms with E-state index in [0.29, 0.717) is 13.0 Å². The predicted octanol–water partition coefficient (Wildman–Crippen LogP) is 0.875. The highest BCUT2D eigenvalue weighted by molar-refractivity contribution is 5.85. The first-order valence-corrected chi connectivity index (χ1v) is 6.38. The Morgan fingerprint density at radius 1 is 1.29 bits per heavy atom. The van der Waals surface area contributed by atoms with Crippen molar-refractivity contribution >= 4 is 11.9 Å². The standard InChI is InChI=1S/C12H22N2O3/c13-8-4-3-7-10(12(16)17)14-11(15)9-5-1-2-6-9/h9-10H,1-8,13H2,(H,14,15)(H,16,17). The monoisotopic (exact) mass is 242 g/mol. The summed E-state index contributed by atoms with van der Waals surface area (Å²) in [6, 6.07) is -0.755. The van der Waals surface area contributed by atoms with E-state index in [0.717, 1.165) is 38.5 Å². The second kappa shape index (κ2) is 7.27. The van der Waals surface area contributed by atoms with Crippen LogP contribution in [0.4, 0.5) is 0 Å². The van der Waals surface area contributed by atoms with Crippen molar-refractivity contribution < 1.29 is 14.7 Å². The smallest absolute Gasteiger partial charge is 0.326 e. The van der Waals surface area contributed by atoms with Crippen molar-refractivity contribution in [2.24, 2.45) is 11.7 Å². The minimum absolute atomic E-state index is 0.0198. The molecule has 1 aliphatic rings. The van der Waals surface area contributed by atoms with Crippen LogP contribution in [0.25, 0.3) is 0 Å². The molecule has 98 valence electrons. The van der Waals surface area contributed by atoms with Gasteiger partial charge in [-0.05, 0) is 38.6 Å². The number of carboxylic acid groups (broad SMARTS) is 1. The van der Waals surface area contributed by atoms with Crippen LogP contribution in [0.15, 0.2) is 0 Å². The van der Waals surface area contributed by atoms with E-state index in [4.69, 9.17) is 10.8 Å². The normalized spacial score (nSPS) is 17.9. The Kier molecular flexibility index (Phi) is 5.97. The maximum atomic E-state index is 11.8. The van der Waals surface area contributed by atoms with E-state index in [9.17, 15) is 9.59 Å². The molecule has 1 aliphatic carbocycles. The quantitative estimate of drug-likeness (QED) is 0.578. The summed E-state index contributed by atoms with van der Waals surface area (Å²) in [4.78, 5) is 22.8. The van der Waals surface area contributed by atoms with Gasteiger partial charge in [0.05, 0.1) is 0 Å². The van der Waals surface area contributed by atoms with Crippen LogP contribution < -0.4 is 11.1 Å². The summed E-state index contributed by atoms with van der Waals surface area (Å²) in [5.41, 5.74) is 5.36. The number of amides is 1. The van der Waals surface area contributed by atoms with Gasteiger partial charge in [0, 0.05) is 5.92 Å². The number of carbonyl (C=O) groups excluding carboxylic acids is 1. The molecule has 0 aliphatic heterocycles. The lowest BCUT2D eigenvalue weighted by molar-refractivity contribution is -0.142. The average molecular weight is 242 g/mol. The fourth-order valence-electron chi connectivity index (χ4n) is 2.23. The summed E-state index contributed by atoms with van der Waals surface area (Å²) in [5, 5.41) is 11.7. The van der Waals surface area contributed by atoms with Crippen LogP contribution in [0.5, 0.6) is 0 Å². The summed E-state index contributed by atoms with van der Waals surface area (Å²) in [6.45, 7) is 0.558. The fraction of sp³-hybridized carbons (Fsp3) is 0.833. The lowest BCUT2D eigenvalue weighted by Gasteiger charge is -2.17. The summed E-state index contributed by atoms with van der Waals surface area (Å²) < 4.78 is 0. The van der Waals surface area contributed by atoms with Crippen LogP contribution in [0, 0.1) is 5.92 Å². The zero-order valence-electron chi connectivity index (χ0n) is 10.2. The predicted molar refractivity (Wildman–Crippen MR) is 64.4 cm³/mol. The van der Waals surface area contributed by atoms with Crippen LogP contribution in [-0.4, -0.2) is 29.6 Å². The number of aliphatic carboxylic acids is 1. The average Bonchev–Trinajstić information content (AvgIpc) is 2.81. The molecule has 5 heteroatoms. The largest absolute Gasteiger partial charge is 0.480 e. The Labute approximate surface area is 102 Å². The van der Waals surface area contributed by atoms with Crippen LogP contribution >= 0.6 is 0 Å². The number of nitrogens with two attached hydrogens (primary N) is 1. The summed E-state index contributed by atoms with van der Waals surface area (Å²) in [7, 11) is 0. The third-order valence-electron chi connectivity index (χ3n) is 3.29. The lowest BCUT2D eigenvalue weighted by Crippen LogP contribution is -2.43. The molecule has 0 spiro atoms. The number of unbranched alkanes of at least 4 members (excludes halogenated alkanes) is 1. The summed E-state index contributed by atoms with van der Waals surface area (Å²) >= 11 is 0. The maximum absolute atomic E-state index is 11.8. The molecule has 0 aromatic heterocycles. The molecule has 0 aromatic carbocycles. The Morgan fingerprint density at radius 2 is 1.94 bits per heavy atom. The number of rotatable bonds is 7. The Bertz CT molecular complexity index is 262. The second-order valence-electron chi connectivity index (χ2n) is 4.67. The third kappa shape index (κ3) is 4.73. The van der Waals surface area contributed by atoms with E-state index in [1.807, 2.05) is 0 Å². The van der Waals surface area contributed by atoms with Gasteiger partial charge in [-0.25, -0.2) is 4.79 Å². The number of nitrogens with one attached hydrogen (secondary N) is 1. The number of hydrogen-bond acceptors (Lipinski definition) is 3. The van der Waals surface area contributed by atoms with Crippen molar-refractivity contribution in [2.45, 2.75) is 51.0 Å². The molecule has 1 amide bonds. The Balaban J connectivity index is 2.36. The molecule has 1 unspecified atom stereocenters. The minimum atomic E-state index is -0.951. The first kappa shape index (κ1) is 14.0. The van der Waals surface area contributed by atoms with Gasteiger partial charge >= 0.3 is 5.97 Å². The van der Waals surface area contributed by atoms with E-state index in [1.165, 1.54) is 0 Å². The molecule has 4 N–H and O–H groups in total. The molecule has 17 heavy (non-hydrogen) atoms. The number of carbonyl (C=O) groups is 2. The van der Waals surface area contributed by atoms with Crippen molar-refractivity contribution in [2.75, 3.05) is 6.54 Å². The van der Waals surface area contributed by atoms with E-state index < -0.39 is 12.0 Å². The van der Waals surface area contributed by atoms with E-state index in [-0.39, 0.29) is 11.8 Å². The van der Waals surface area contributed by atoms with Crippen molar-refractivity contribution in [3.8, 4) is 0 Å². The van der Waals surface area contributed by atoms with Gasteiger partial charge in [-0.2, -0.15) is 0 Å². The molecular weight excluding hydrogens is 220 g/mol. The SMILES string of the molecule is NCCCCC(NC(=O)C1CCCC1)C(=O)O. The van der Waals surface area contributed by atoms with Gasteiger partial charge in [0.1, 0.15) is 6.04 Å².